The van der Waals surface area contributed by atoms with Gasteiger partial charge in [0.05, 0.1) is 0 Å². The molecule has 0 heterocycles. The first-order valence-electron chi connectivity index (χ1n) is 9.91. The van der Waals surface area contributed by atoms with Crippen LogP contribution >= 0.6 is 0 Å². The van der Waals surface area contributed by atoms with Gasteiger partial charge in [-0.2, -0.15) is 0 Å². The molecule has 0 unspecified atom stereocenters. The SMILES string of the molecule is COc1ccc(N(/C=C\[C@@H](c2ccccc2)[Sn]([CH3])([CH3])[CH3])C(=O)OC(C)(C)C)cc1. The van der Waals surface area contributed by atoms with Crippen molar-refractivity contribution in [2.24, 2.45) is 0 Å². The minimum absolute atomic E-state index is 0.341. The van der Waals surface area contributed by atoms with Crippen LogP contribution in [0, 0.1) is 0 Å². The van der Waals surface area contributed by atoms with E-state index in [-0.39, 0.29) is 0 Å². The van der Waals surface area contributed by atoms with Gasteiger partial charge in [0.15, 0.2) is 0 Å². The third-order valence-electron chi connectivity index (χ3n) is 4.46. The third kappa shape index (κ3) is 7.10. The first-order chi connectivity index (χ1) is 13.5. The Bertz CT molecular complexity index is 818. The number of carbonyl (C=O) groups is 1. The summed E-state index contributed by atoms with van der Waals surface area (Å²) in [5.41, 5.74) is 1.47. The van der Waals surface area contributed by atoms with Crippen molar-refractivity contribution in [3.63, 3.8) is 0 Å². The van der Waals surface area contributed by atoms with Crippen molar-refractivity contribution in [1.82, 2.24) is 0 Å². The average Bonchev–Trinajstić information content (AvgIpc) is 2.63. The number of amides is 1. The van der Waals surface area contributed by atoms with Crippen LogP contribution in [0.2, 0.25) is 14.8 Å². The number of nitrogens with zero attached hydrogens (tertiary/aromatic N) is 1. The van der Waals surface area contributed by atoms with Gasteiger partial charge >= 0.3 is 180 Å². The van der Waals surface area contributed by atoms with Crippen molar-refractivity contribution in [1.29, 1.82) is 0 Å². The summed E-state index contributed by atoms with van der Waals surface area (Å²) in [6, 6.07) is 17.9. The van der Waals surface area contributed by atoms with Crippen LogP contribution in [0.1, 0.15) is 30.3 Å². The van der Waals surface area contributed by atoms with Gasteiger partial charge < -0.3 is 0 Å². The van der Waals surface area contributed by atoms with E-state index in [1.807, 2.05) is 57.3 Å². The van der Waals surface area contributed by atoms with Crippen molar-refractivity contribution in [2.75, 3.05) is 12.0 Å². The fourth-order valence-corrected chi connectivity index (χ4v) is 8.34. The minimum atomic E-state index is -2.38. The Morgan fingerprint density at radius 3 is 2.07 bits per heavy atom. The fourth-order valence-electron chi connectivity index (χ4n) is 3.04. The molecule has 0 fully saturated rings. The van der Waals surface area contributed by atoms with Gasteiger partial charge in [0, 0.05) is 0 Å². The van der Waals surface area contributed by atoms with Gasteiger partial charge in [0.1, 0.15) is 0 Å². The van der Waals surface area contributed by atoms with Gasteiger partial charge in [-0.1, -0.05) is 0 Å². The van der Waals surface area contributed by atoms with E-state index in [1.54, 1.807) is 12.0 Å². The molecular weight excluding hydrogens is 469 g/mol. The van der Waals surface area contributed by atoms with Crippen LogP contribution in [-0.4, -0.2) is 37.2 Å². The van der Waals surface area contributed by atoms with Gasteiger partial charge in [0.25, 0.3) is 0 Å². The average molecular weight is 502 g/mol. The Labute approximate surface area is 179 Å². The van der Waals surface area contributed by atoms with Crippen LogP contribution in [0.15, 0.2) is 66.9 Å². The molecule has 2 rings (SSSR count). The third-order valence-corrected chi connectivity index (χ3v) is 11.3. The monoisotopic (exact) mass is 503 g/mol. The number of ether oxygens (including phenoxy) is 2. The molecule has 0 saturated carbocycles. The summed E-state index contributed by atoms with van der Waals surface area (Å²) in [6.07, 6.45) is 3.64. The quantitative estimate of drug-likeness (QED) is 0.418. The molecule has 0 saturated heterocycles. The van der Waals surface area contributed by atoms with Crippen LogP contribution in [-0.2, 0) is 4.74 Å². The number of hydrogen-bond donors (Lipinski definition) is 0. The molecule has 2 aromatic carbocycles. The number of anilines is 1. The first-order valence-corrected chi connectivity index (χ1v) is 20.1. The van der Waals surface area contributed by atoms with E-state index >= 15 is 0 Å². The molecule has 0 aromatic heterocycles. The van der Waals surface area contributed by atoms with Crippen LogP contribution in [0.3, 0.4) is 0 Å². The van der Waals surface area contributed by atoms with Crippen molar-refractivity contribution in [2.45, 2.75) is 45.1 Å². The van der Waals surface area contributed by atoms with E-state index in [0.29, 0.717) is 3.93 Å². The second-order valence-corrected chi connectivity index (χ2v) is 24.4. The molecule has 29 heavy (non-hydrogen) atoms. The molecule has 156 valence electrons. The second kappa shape index (κ2) is 9.70. The molecule has 0 aliphatic carbocycles. The van der Waals surface area contributed by atoms with Gasteiger partial charge in [-0.3, -0.25) is 0 Å². The van der Waals surface area contributed by atoms with Crippen LogP contribution in [0.25, 0.3) is 0 Å². The van der Waals surface area contributed by atoms with Crippen molar-refractivity contribution in [3.8, 4) is 5.75 Å². The van der Waals surface area contributed by atoms with Gasteiger partial charge in [-0.05, 0) is 0 Å². The van der Waals surface area contributed by atoms with Crippen LogP contribution in [0.5, 0.6) is 5.75 Å². The van der Waals surface area contributed by atoms with E-state index in [2.05, 4.69) is 45.2 Å². The summed E-state index contributed by atoms with van der Waals surface area (Å²) < 4.78 is 11.2. The standard InChI is InChI=1S/C21H24NO3.3CH3.Sn/c1-21(2,3)25-20(23)22(18-12-14-19(24-4)15-13-18)16-8-11-17-9-6-5-7-10-17;;;;/h5-16H,1-4H3;3*1H3;/b16-8-;;;;. The Kier molecular flexibility index (Phi) is 7.80. The summed E-state index contributed by atoms with van der Waals surface area (Å²) in [6.45, 7) is 5.62. The normalized spacial score (nSPS) is 13.2. The number of hydrogen-bond acceptors (Lipinski definition) is 3. The Balaban J connectivity index is 2.42. The molecule has 0 N–H and O–H groups in total. The number of allylic oxidation sites excluding steroid dienone is 1. The van der Waals surface area contributed by atoms with E-state index in [0.717, 1.165) is 11.4 Å². The molecule has 0 spiro atoms. The molecule has 2 aromatic rings. The Morgan fingerprint density at radius 1 is 1.00 bits per heavy atom. The second-order valence-electron chi connectivity index (χ2n) is 9.14. The zero-order valence-electron chi connectivity index (χ0n) is 18.6. The van der Waals surface area contributed by atoms with Crippen molar-refractivity contribution in [3.05, 3.63) is 72.4 Å². The van der Waals surface area contributed by atoms with E-state index < -0.39 is 30.1 Å². The first kappa shape index (κ1) is 23.3. The molecule has 0 aliphatic heterocycles. The van der Waals surface area contributed by atoms with E-state index in [1.165, 1.54) is 5.56 Å². The molecule has 1 atom stereocenters. The fraction of sp³-hybridized carbons (Fsp3) is 0.375. The van der Waals surface area contributed by atoms with Crippen molar-refractivity contribution >= 4 is 30.2 Å². The van der Waals surface area contributed by atoms with Gasteiger partial charge in [0.2, 0.25) is 0 Å². The predicted molar refractivity (Wildman–Crippen MR) is 123 cm³/mol. The zero-order chi connectivity index (χ0) is 21.7. The van der Waals surface area contributed by atoms with E-state index in [4.69, 9.17) is 9.47 Å². The molecular formula is C24H33NO3Sn. The van der Waals surface area contributed by atoms with Crippen LogP contribution in [0.4, 0.5) is 10.5 Å². The summed E-state index contributed by atoms with van der Waals surface area (Å²) in [4.78, 5) is 21.7. The summed E-state index contributed by atoms with van der Waals surface area (Å²) in [5, 5.41) is 0. The topological polar surface area (TPSA) is 38.8 Å². The van der Waals surface area contributed by atoms with Gasteiger partial charge in [-0.25, -0.2) is 0 Å². The molecule has 1 amide bonds. The number of benzene rings is 2. The molecule has 0 bridgehead atoms. The number of carbonyl (C=O) groups excluding carboxylic acids is 1. The van der Waals surface area contributed by atoms with Crippen LogP contribution < -0.4 is 9.64 Å². The molecule has 0 radical (unpaired) electrons. The molecule has 5 heteroatoms. The maximum atomic E-state index is 13.0. The Morgan fingerprint density at radius 2 is 1.59 bits per heavy atom. The molecule has 4 nitrogen and oxygen atoms in total. The summed E-state index contributed by atoms with van der Waals surface area (Å²) in [7, 11) is 1.63. The maximum absolute atomic E-state index is 13.0. The molecule has 0 aliphatic rings. The van der Waals surface area contributed by atoms with Gasteiger partial charge in [-0.15, -0.1) is 0 Å². The number of methoxy groups -OCH3 is 1. The predicted octanol–water partition coefficient (Wildman–Crippen LogP) is 6.61. The summed E-state index contributed by atoms with van der Waals surface area (Å²) in [5.74, 6) is 0.745. The Hall–Kier alpha value is -1.95. The zero-order valence-corrected chi connectivity index (χ0v) is 21.5. The van der Waals surface area contributed by atoms with E-state index in [9.17, 15) is 4.79 Å². The number of rotatable bonds is 6. The van der Waals surface area contributed by atoms with Crippen molar-refractivity contribution < 1.29 is 14.3 Å². The summed E-state index contributed by atoms with van der Waals surface area (Å²) >= 11 is -2.38.